The van der Waals surface area contributed by atoms with Crippen LogP contribution in [0.1, 0.15) is 39.5 Å². The highest BCUT2D eigenvalue weighted by Crippen LogP contribution is 2.20. The number of hydrogen-bond acceptors (Lipinski definition) is 2. The second-order valence-corrected chi connectivity index (χ2v) is 3.91. The molecular formula is C11H20N2. The molecule has 0 bridgehead atoms. The van der Waals surface area contributed by atoms with Gasteiger partial charge in [0.2, 0.25) is 0 Å². The first-order chi connectivity index (χ1) is 6.31. The molecule has 0 atom stereocenters. The Morgan fingerprint density at radius 1 is 1.31 bits per heavy atom. The molecule has 2 heteroatoms. The van der Waals surface area contributed by atoms with Crippen LogP contribution in [0.25, 0.3) is 0 Å². The fourth-order valence-electron chi connectivity index (χ4n) is 2.20. The lowest BCUT2D eigenvalue weighted by Gasteiger charge is -2.35. The van der Waals surface area contributed by atoms with Gasteiger partial charge in [0.25, 0.3) is 0 Å². The third-order valence-corrected chi connectivity index (χ3v) is 3.17. The van der Waals surface area contributed by atoms with Crippen LogP contribution in [0.5, 0.6) is 0 Å². The van der Waals surface area contributed by atoms with Crippen molar-refractivity contribution < 1.29 is 0 Å². The Morgan fingerprint density at radius 2 is 1.85 bits per heavy atom. The molecule has 13 heavy (non-hydrogen) atoms. The predicted molar refractivity (Wildman–Crippen MR) is 54.3 cm³/mol. The van der Waals surface area contributed by atoms with Gasteiger partial charge in [0.15, 0.2) is 0 Å². The molecule has 1 aliphatic heterocycles. The summed E-state index contributed by atoms with van der Waals surface area (Å²) in [5.74, 6) is 0.325. The molecule has 0 saturated carbocycles. The van der Waals surface area contributed by atoms with E-state index in [0.29, 0.717) is 5.92 Å². The summed E-state index contributed by atoms with van der Waals surface area (Å²) in [5.41, 5.74) is 0. The minimum atomic E-state index is 0.325. The van der Waals surface area contributed by atoms with Gasteiger partial charge in [-0.2, -0.15) is 5.26 Å². The largest absolute Gasteiger partial charge is 0.300 e. The van der Waals surface area contributed by atoms with Crippen LogP contribution in [-0.4, -0.2) is 24.0 Å². The topological polar surface area (TPSA) is 27.0 Å². The summed E-state index contributed by atoms with van der Waals surface area (Å²) >= 11 is 0. The number of nitriles is 1. The minimum absolute atomic E-state index is 0.325. The molecule has 1 saturated heterocycles. The van der Waals surface area contributed by atoms with Crippen LogP contribution in [0.4, 0.5) is 0 Å². The molecular weight excluding hydrogens is 160 g/mol. The lowest BCUT2D eigenvalue weighted by atomic mass is 9.96. The van der Waals surface area contributed by atoms with Crippen LogP contribution in [-0.2, 0) is 0 Å². The molecule has 1 fully saturated rings. The molecule has 74 valence electrons. The number of piperidine rings is 1. The van der Waals surface area contributed by atoms with Crippen molar-refractivity contribution in [2.75, 3.05) is 13.1 Å². The Kier molecular flexibility index (Phi) is 4.24. The summed E-state index contributed by atoms with van der Waals surface area (Å²) in [6, 6.07) is 3.12. The van der Waals surface area contributed by atoms with Gasteiger partial charge in [-0.1, -0.05) is 13.8 Å². The second-order valence-electron chi connectivity index (χ2n) is 3.91. The van der Waals surface area contributed by atoms with Crippen molar-refractivity contribution in [1.29, 1.82) is 5.26 Å². The van der Waals surface area contributed by atoms with E-state index in [1.165, 1.54) is 12.8 Å². The lowest BCUT2D eigenvalue weighted by Crippen LogP contribution is -2.40. The van der Waals surface area contributed by atoms with E-state index in [9.17, 15) is 0 Å². The maximum absolute atomic E-state index is 8.76. The molecule has 1 heterocycles. The normalized spacial score (nSPS) is 20.5. The van der Waals surface area contributed by atoms with Crippen molar-refractivity contribution in [2.24, 2.45) is 5.92 Å². The van der Waals surface area contributed by atoms with E-state index in [2.05, 4.69) is 24.8 Å². The van der Waals surface area contributed by atoms with E-state index in [1.807, 2.05) is 0 Å². The Hall–Kier alpha value is -0.550. The van der Waals surface area contributed by atoms with Gasteiger partial charge in [-0.15, -0.1) is 0 Å². The maximum atomic E-state index is 8.76. The Labute approximate surface area is 81.5 Å². The summed E-state index contributed by atoms with van der Waals surface area (Å²) in [4.78, 5) is 2.55. The zero-order valence-corrected chi connectivity index (χ0v) is 8.79. The zero-order valence-electron chi connectivity index (χ0n) is 8.79. The average Bonchev–Trinajstić information content (AvgIpc) is 2.21. The monoisotopic (exact) mass is 180 g/mol. The second kappa shape index (κ2) is 5.24. The fraction of sp³-hybridized carbons (Fsp3) is 0.909. The maximum Gasteiger partial charge on any atom is 0.0656 e. The summed E-state index contributed by atoms with van der Waals surface area (Å²) in [5, 5.41) is 8.76. The molecule has 0 N–H and O–H groups in total. The number of hydrogen-bond donors (Lipinski definition) is 0. The van der Waals surface area contributed by atoms with E-state index in [4.69, 9.17) is 5.26 Å². The highest BCUT2D eigenvalue weighted by atomic mass is 15.2. The van der Waals surface area contributed by atoms with Crippen LogP contribution in [0.3, 0.4) is 0 Å². The molecule has 2 nitrogen and oxygen atoms in total. The van der Waals surface area contributed by atoms with Crippen molar-refractivity contribution in [3.63, 3.8) is 0 Å². The first-order valence-corrected chi connectivity index (χ1v) is 5.45. The zero-order chi connectivity index (χ0) is 9.68. The van der Waals surface area contributed by atoms with E-state index >= 15 is 0 Å². The van der Waals surface area contributed by atoms with Gasteiger partial charge in [0.05, 0.1) is 6.07 Å². The number of rotatable bonds is 3. The van der Waals surface area contributed by atoms with E-state index in [1.54, 1.807) is 0 Å². The molecule has 0 unspecified atom stereocenters. The van der Waals surface area contributed by atoms with Crippen molar-refractivity contribution in [3.8, 4) is 6.07 Å². The minimum Gasteiger partial charge on any atom is -0.300 e. The van der Waals surface area contributed by atoms with E-state index in [-0.39, 0.29) is 0 Å². The van der Waals surface area contributed by atoms with Gasteiger partial charge in [-0.3, -0.25) is 0 Å². The van der Waals surface area contributed by atoms with Crippen molar-refractivity contribution in [1.82, 2.24) is 4.90 Å². The molecule has 0 spiro atoms. The third kappa shape index (κ3) is 2.70. The highest BCUT2D eigenvalue weighted by molar-refractivity contribution is 4.88. The number of nitrogens with zero attached hydrogens (tertiary/aromatic N) is 2. The fourth-order valence-corrected chi connectivity index (χ4v) is 2.20. The molecule has 1 rings (SSSR count). The van der Waals surface area contributed by atoms with Crippen LogP contribution in [0, 0.1) is 17.2 Å². The van der Waals surface area contributed by atoms with Crippen LogP contribution < -0.4 is 0 Å². The van der Waals surface area contributed by atoms with Crippen molar-refractivity contribution >= 4 is 0 Å². The van der Waals surface area contributed by atoms with Gasteiger partial charge >= 0.3 is 0 Å². The quantitative estimate of drug-likeness (QED) is 0.667. The summed E-state index contributed by atoms with van der Waals surface area (Å²) in [7, 11) is 0. The van der Waals surface area contributed by atoms with Crippen LogP contribution >= 0.6 is 0 Å². The summed E-state index contributed by atoms with van der Waals surface area (Å²) < 4.78 is 0. The van der Waals surface area contributed by atoms with Crippen LogP contribution in [0.2, 0.25) is 0 Å². The number of likely N-dealkylation sites (tertiary alicyclic amines) is 1. The first-order valence-electron chi connectivity index (χ1n) is 5.45. The Morgan fingerprint density at radius 3 is 2.23 bits per heavy atom. The molecule has 0 aromatic rings. The lowest BCUT2D eigenvalue weighted by molar-refractivity contribution is 0.139. The molecule has 0 aliphatic carbocycles. The highest BCUT2D eigenvalue weighted by Gasteiger charge is 2.22. The van der Waals surface area contributed by atoms with E-state index < -0.39 is 0 Å². The molecule has 1 aliphatic rings. The van der Waals surface area contributed by atoms with Crippen molar-refractivity contribution in [3.05, 3.63) is 0 Å². The van der Waals surface area contributed by atoms with Gasteiger partial charge in [0, 0.05) is 12.0 Å². The van der Waals surface area contributed by atoms with E-state index in [0.717, 1.165) is 32.0 Å². The molecule has 0 amide bonds. The molecule has 0 radical (unpaired) electrons. The van der Waals surface area contributed by atoms with Gasteiger partial charge in [0.1, 0.15) is 0 Å². The predicted octanol–water partition coefficient (Wildman–Crippen LogP) is 2.41. The summed E-state index contributed by atoms with van der Waals surface area (Å²) in [6.45, 7) is 6.77. The smallest absolute Gasteiger partial charge is 0.0656 e. The van der Waals surface area contributed by atoms with Gasteiger partial charge < -0.3 is 4.90 Å². The molecule has 0 aromatic heterocycles. The van der Waals surface area contributed by atoms with Crippen molar-refractivity contribution in [2.45, 2.75) is 45.6 Å². The summed E-state index contributed by atoms with van der Waals surface area (Å²) in [6.07, 6.45) is 4.64. The third-order valence-electron chi connectivity index (χ3n) is 3.17. The van der Waals surface area contributed by atoms with Gasteiger partial charge in [-0.25, -0.2) is 0 Å². The van der Waals surface area contributed by atoms with Crippen LogP contribution in [0.15, 0.2) is 0 Å². The Bertz CT molecular complexity index is 171. The standard InChI is InChI=1S/C11H20N2/c1-3-11(4-2)13-7-5-10(9-12)6-8-13/h10-11H,3-8H2,1-2H3. The van der Waals surface area contributed by atoms with Gasteiger partial charge in [-0.05, 0) is 38.8 Å². The first kappa shape index (κ1) is 10.5. The SMILES string of the molecule is CCC(CC)N1CCC(C#N)CC1. The average molecular weight is 180 g/mol. The molecule has 0 aromatic carbocycles. The Balaban J connectivity index is 2.36.